The van der Waals surface area contributed by atoms with Crippen LogP contribution in [0, 0.1) is 6.92 Å². The number of aryl methyl sites for hydroxylation is 2. The molecule has 0 fully saturated rings. The van der Waals surface area contributed by atoms with Crippen LogP contribution in [-0.4, -0.2) is 28.8 Å². The molecule has 0 spiro atoms. The Kier molecular flexibility index (Phi) is 3.50. The van der Waals surface area contributed by atoms with Gasteiger partial charge >= 0.3 is 0 Å². The number of carbonyl (C=O) groups excluding carboxylic acids is 1. The quantitative estimate of drug-likeness (QED) is 0.727. The summed E-state index contributed by atoms with van der Waals surface area (Å²) in [6.07, 6.45) is 1.86. The Bertz CT molecular complexity index is 319. The largest absolute Gasteiger partial charge is 0.373 e. The Morgan fingerprint density at radius 1 is 1.64 bits per heavy atom. The Hall–Kier alpha value is -1.52. The molecule has 1 heterocycles. The molecule has 78 valence electrons. The minimum absolute atomic E-state index is 0.00393. The summed E-state index contributed by atoms with van der Waals surface area (Å²) in [6.45, 7) is 4.75. The Morgan fingerprint density at radius 2 is 2.36 bits per heavy atom. The van der Waals surface area contributed by atoms with Crippen LogP contribution in [0.2, 0.25) is 0 Å². The van der Waals surface area contributed by atoms with E-state index in [9.17, 15) is 4.79 Å². The highest BCUT2D eigenvalue weighted by molar-refractivity contribution is 5.80. The highest BCUT2D eigenvalue weighted by Crippen LogP contribution is 2.10. The number of nitrogens with zero attached hydrogens (tertiary/aromatic N) is 2. The molecule has 0 aliphatic heterocycles. The monoisotopic (exact) mass is 196 g/mol. The Morgan fingerprint density at radius 3 is 2.86 bits per heavy atom. The number of carbonyl (C=O) groups is 1. The van der Waals surface area contributed by atoms with Crippen LogP contribution in [0.25, 0.3) is 0 Å². The molecule has 0 unspecified atom stereocenters. The van der Waals surface area contributed by atoms with E-state index < -0.39 is 0 Å². The summed E-state index contributed by atoms with van der Waals surface area (Å²) >= 11 is 0. The van der Waals surface area contributed by atoms with Crippen molar-refractivity contribution >= 4 is 11.6 Å². The van der Waals surface area contributed by atoms with Gasteiger partial charge in [0.05, 0.1) is 17.9 Å². The minimum atomic E-state index is -0.00393. The lowest BCUT2D eigenvalue weighted by Crippen LogP contribution is -2.29. The van der Waals surface area contributed by atoms with Gasteiger partial charge in [0.2, 0.25) is 5.91 Å². The van der Waals surface area contributed by atoms with Crippen molar-refractivity contribution in [3.8, 4) is 0 Å². The highest BCUT2D eigenvalue weighted by Gasteiger charge is 2.04. The molecule has 0 atom stereocenters. The predicted molar refractivity (Wildman–Crippen MR) is 55.1 cm³/mol. The van der Waals surface area contributed by atoms with Crippen molar-refractivity contribution in [2.45, 2.75) is 13.8 Å². The van der Waals surface area contributed by atoms with E-state index in [0.29, 0.717) is 13.1 Å². The van der Waals surface area contributed by atoms with Crippen LogP contribution in [0.3, 0.4) is 0 Å². The molecular weight excluding hydrogens is 180 g/mol. The number of likely N-dealkylation sites (N-methyl/N-ethyl adjacent to an activating group) is 1. The average molecular weight is 196 g/mol. The van der Waals surface area contributed by atoms with Gasteiger partial charge in [0.15, 0.2) is 0 Å². The lowest BCUT2D eigenvalue weighted by Gasteiger charge is -2.04. The molecule has 0 bridgehead atoms. The van der Waals surface area contributed by atoms with Crippen molar-refractivity contribution in [1.29, 1.82) is 0 Å². The molecule has 14 heavy (non-hydrogen) atoms. The first kappa shape index (κ1) is 10.6. The van der Waals surface area contributed by atoms with Crippen molar-refractivity contribution in [3.63, 3.8) is 0 Å². The van der Waals surface area contributed by atoms with Gasteiger partial charge in [0, 0.05) is 19.8 Å². The number of rotatable bonds is 4. The SMILES string of the molecule is CCNC(=O)CNc1cn(C)nc1C. The number of nitrogens with one attached hydrogen (secondary N) is 2. The second kappa shape index (κ2) is 4.64. The second-order valence-electron chi connectivity index (χ2n) is 3.11. The maximum Gasteiger partial charge on any atom is 0.239 e. The zero-order chi connectivity index (χ0) is 10.6. The van der Waals surface area contributed by atoms with E-state index in [1.807, 2.05) is 27.1 Å². The third-order valence-electron chi connectivity index (χ3n) is 1.83. The topological polar surface area (TPSA) is 59.0 Å². The maximum atomic E-state index is 11.1. The number of hydrogen-bond donors (Lipinski definition) is 2. The fourth-order valence-electron chi connectivity index (χ4n) is 1.21. The fourth-order valence-corrected chi connectivity index (χ4v) is 1.21. The molecular formula is C9H16N4O. The standard InChI is InChI=1S/C9H16N4O/c1-4-10-9(14)5-11-8-6-13(3)12-7(8)2/h6,11H,4-5H2,1-3H3,(H,10,14). The van der Waals surface area contributed by atoms with Gasteiger partial charge in [-0.2, -0.15) is 5.10 Å². The normalized spacial score (nSPS) is 9.93. The Labute approximate surface area is 83.5 Å². The van der Waals surface area contributed by atoms with Gasteiger partial charge in [-0.1, -0.05) is 0 Å². The minimum Gasteiger partial charge on any atom is -0.373 e. The molecule has 0 radical (unpaired) electrons. The third kappa shape index (κ3) is 2.76. The molecule has 5 heteroatoms. The molecule has 1 aromatic heterocycles. The molecule has 1 aromatic rings. The van der Waals surface area contributed by atoms with Gasteiger partial charge < -0.3 is 10.6 Å². The van der Waals surface area contributed by atoms with Gasteiger partial charge in [-0.25, -0.2) is 0 Å². The number of amides is 1. The summed E-state index contributed by atoms with van der Waals surface area (Å²) in [4.78, 5) is 11.1. The summed E-state index contributed by atoms with van der Waals surface area (Å²) in [5, 5.41) is 9.89. The van der Waals surface area contributed by atoms with Crippen LogP contribution in [0.15, 0.2) is 6.20 Å². The van der Waals surface area contributed by atoms with Crippen molar-refractivity contribution in [2.75, 3.05) is 18.4 Å². The van der Waals surface area contributed by atoms with Crippen molar-refractivity contribution in [3.05, 3.63) is 11.9 Å². The molecule has 1 amide bonds. The lowest BCUT2D eigenvalue weighted by molar-refractivity contribution is -0.119. The van der Waals surface area contributed by atoms with Gasteiger partial charge in [-0.05, 0) is 13.8 Å². The molecule has 0 aromatic carbocycles. The smallest absolute Gasteiger partial charge is 0.239 e. The number of anilines is 1. The zero-order valence-electron chi connectivity index (χ0n) is 8.79. The van der Waals surface area contributed by atoms with Crippen molar-refractivity contribution < 1.29 is 4.79 Å². The molecule has 5 nitrogen and oxygen atoms in total. The van der Waals surface area contributed by atoms with E-state index in [4.69, 9.17) is 0 Å². The maximum absolute atomic E-state index is 11.1. The van der Waals surface area contributed by atoms with Gasteiger partial charge in [0.25, 0.3) is 0 Å². The molecule has 0 saturated heterocycles. The molecule has 0 aliphatic rings. The van der Waals surface area contributed by atoms with Gasteiger partial charge in [0.1, 0.15) is 0 Å². The van der Waals surface area contributed by atoms with E-state index in [-0.39, 0.29) is 5.91 Å². The van der Waals surface area contributed by atoms with E-state index >= 15 is 0 Å². The first-order chi connectivity index (χ1) is 6.63. The van der Waals surface area contributed by atoms with E-state index in [0.717, 1.165) is 11.4 Å². The van der Waals surface area contributed by atoms with Gasteiger partial charge in [-0.3, -0.25) is 9.48 Å². The first-order valence-corrected chi connectivity index (χ1v) is 4.64. The molecule has 2 N–H and O–H groups in total. The third-order valence-corrected chi connectivity index (χ3v) is 1.83. The van der Waals surface area contributed by atoms with Crippen LogP contribution in [0.5, 0.6) is 0 Å². The summed E-state index contributed by atoms with van der Waals surface area (Å²) in [5.41, 5.74) is 1.80. The summed E-state index contributed by atoms with van der Waals surface area (Å²) in [6, 6.07) is 0. The Balaban J connectivity index is 2.45. The van der Waals surface area contributed by atoms with Crippen LogP contribution in [0.1, 0.15) is 12.6 Å². The van der Waals surface area contributed by atoms with E-state index in [1.165, 1.54) is 0 Å². The molecule has 0 aliphatic carbocycles. The number of hydrogen-bond acceptors (Lipinski definition) is 3. The van der Waals surface area contributed by atoms with E-state index in [2.05, 4.69) is 15.7 Å². The highest BCUT2D eigenvalue weighted by atomic mass is 16.1. The van der Waals surface area contributed by atoms with Crippen LogP contribution in [-0.2, 0) is 11.8 Å². The van der Waals surface area contributed by atoms with Crippen LogP contribution >= 0.6 is 0 Å². The predicted octanol–water partition coefficient (Wildman–Crippen LogP) is 0.277. The second-order valence-corrected chi connectivity index (χ2v) is 3.11. The summed E-state index contributed by atoms with van der Waals surface area (Å²) in [5.74, 6) is -0.00393. The lowest BCUT2D eigenvalue weighted by atomic mass is 10.4. The van der Waals surface area contributed by atoms with Crippen molar-refractivity contribution in [2.24, 2.45) is 7.05 Å². The van der Waals surface area contributed by atoms with Gasteiger partial charge in [-0.15, -0.1) is 0 Å². The van der Waals surface area contributed by atoms with Crippen LogP contribution in [0.4, 0.5) is 5.69 Å². The van der Waals surface area contributed by atoms with Crippen molar-refractivity contribution in [1.82, 2.24) is 15.1 Å². The number of aromatic nitrogens is 2. The summed E-state index contributed by atoms with van der Waals surface area (Å²) < 4.78 is 1.72. The average Bonchev–Trinajstić information content (AvgIpc) is 2.42. The zero-order valence-corrected chi connectivity index (χ0v) is 8.79. The van der Waals surface area contributed by atoms with E-state index in [1.54, 1.807) is 4.68 Å². The molecule has 1 rings (SSSR count). The van der Waals surface area contributed by atoms with Crippen LogP contribution < -0.4 is 10.6 Å². The molecule has 0 saturated carbocycles. The fraction of sp³-hybridized carbons (Fsp3) is 0.556. The summed E-state index contributed by atoms with van der Waals surface area (Å²) in [7, 11) is 1.85. The first-order valence-electron chi connectivity index (χ1n) is 4.64.